The second kappa shape index (κ2) is 10.7. The van der Waals surface area contributed by atoms with Crippen LogP contribution in [0.2, 0.25) is 0 Å². The maximum absolute atomic E-state index is 13.3. The molecule has 1 aliphatic heterocycles. The number of benzene rings is 2. The molecule has 2 aromatic carbocycles. The van der Waals surface area contributed by atoms with Crippen molar-refractivity contribution in [2.75, 3.05) is 19.6 Å². The van der Waals surface area contributed by atoms with Crippen LogP contribution in [-0.2, 0) is 23.7 Å². The molecule has 0 saturated carbocycles. The number of hydrogen-bond acceptors (Lipinski definition) is 2. The molecule has 0 radical (unpaired) electrons. The van der Waals surface area contributed by atoms with Crippen molar-refractivity contribution in [2.45, 2.75) is 45.1 Å². The highest BCUT2D eigenvalue weighted by Crippen LogP contribution is 2.36. The molecule has 1 aliphatic rings. The second-order valence-electron chi connectivity index (χ2n) is 8.82. The minimum atomic E-state index is -5.07. The standard InChI is InChI=1S/C25H26F6N2O2/c1-17-7-10-32(11-8-17)22(34)9-12-33(16-18-5-3-2-4-6-18)23(35)19-13-20(24(26,27)28)15-21(14-19)25(29,30)31/h2-6,13-15,17H,7-12,16H2,1H3. The summed E-state index contributed by atoms with van der Waals surface area (Å²) in [5.41, 5.74) is -3.23. The summed E-state index contributed by atoms with van der Waals surface area (Å²) in [7, 11) is 0. The summed E-state index contributed by atoms with van der Waals surface area (Å²) in [6, 6.07) is 9.32. The zero-order chi connectivity index (χ0) is 25.8. The van der Waals surface area contributed by atoms with E-state index in [-0.39, 0.29) is 31.5 Å². The Hall–Kier alpha value is -3.04. The van der Waals surface area contributed by atoms with Crippen LogP contribution in [0.1, 0.15) is 53.2 Å². The average molecular weight is 500 g/mol. The Morgan fingerprint density at radius 2 is 1.46 bits per heavy atom. The van der Waals surface area contributed by atoms with E-state index in [1.54, 1.807) is 35.2 Å². The van der Waals surface area contributed by atoms with Crippen molar-refractivity contribution in [1.29, 1.82) is 0 Å². The Balaban J connectivity index is 1.88. The van der Waals surface area contributed by atoms with Crippen molar-refractivity contribution in [1.82, 2.24) is 9.80 Å². The molecule has 2 aromatic rings. The Morgan fingerprint density at radius 1 is 0.914 bits per heavy atom. The largest absolute Gasteiger partial charge is 0.416 e. The predicted octanol–water partition coefficient (Wildman–Crippen LogP) is 6.02. The molecule has 0 atom stereocenters. The van der Waals surface area contributed by atoms with Gasteiger partial charge in [-0.3, -0.25) is 9.59 Å². The van der Waals surface area contributed by atoms with E-state index >= 15 is 0 Å². The third-order valence-corrected chi connectivity index (χ3v) is 6.07. The van der Waals surface area contributed by atoms with Crippen molar-refractivity contribution in [3.63, 3.8) is 0 Å². The Bertz CT molecular complexity index is 996. The number of carbonyl (C=O) groups excluding carboxylic acids is 2. The van der Waals surface area contributed by atoms with Gasteiger partial charge in [0.05, 0.1) is 11.1 Å². The fraction of sp³-hybridized carbons (Fsp3) is 0.440. The van der Waals surface area contributed by atoms with Crippen LogP contribution in [0.4, 0.5) is 26.3 Å². The first-order chi connectivity index (χ1) is 16.3. The molecule has 0 N–H and O–H groups in total. The number of nitrogens with zero attached hydrogens (tertiary/aromatic N) is 2. The van der Waals surface area contributed by atoms with Crippen LogP contribution < -0.4 is 0 Å². The molecule has 10 heteroatoms. The molecule has 190 valence electrons. The van der Waals surface area contributed by atoms with E-state index < -0.39 is 35.0 Å². The molecule has 1 heterocycles. The molecular weight excluding hydrogens is 474 g/mol. The van der Waals surface area contributed by atoms with Crippen LogP contribution in [0.25, 0.3) is 0 Å². The molecule has 2 amide bonds. The zero-order valence-electron chi connectivity index (χ0n) is 19.1. The van der Waals surface area contributed by atoms with Gasteiger partial charge in [-0.1, -0.05) is 37.3 Å². The van der Waals surface area contributed by atoms with Gasteiger partial charge in [0, 0.05) is 38.2 Å². The topological polar surface area (TPSA) is 40.6 Å². The lowest BCUT2D eigenvalue weighted by Crippen LogP contribution is -2.40. The van der Waals surface area contributed by atoms with E-state index in [0.29, 0.717) is 36.7 Å². The summed E-state index contributed by atoms with van der Waals surface area (Å²) in [5, 5.41) is 0. The SMILES string of the molecule is CC1CCN(C(=O)CCN(Cc2ccccc2)C(=O)c2cc(C(F)(F)F)cc(C(F)(F)F)c2)CC1. The zero-order valence-corrected chi connectivity index (χ0v) is 19.1. The van der Waals surface area contributed by atoms with Crippen molar-refractivity contribution < 1.29 is 35.9 Å². The van der Waals surface area contributed by atoms with E-state index in [9.17, 15) is 35.9 Å². The maximum Gasteiger partial charge on any atom is 0.416 e. The van der Waals surface area contributed by atoms with Crippen molar-refractivity contribution >= 4 is 11.8 Å². The van der Waals surface area contributed by atoms with Crippen molar-refractivity contribution in [3.05, 3.63) is 70.8 Å². The first kappa shape index (κ1) is 26.6. The highest BCUT2D eigenvalue weighted by atomic mass is 19.4. The molecule has 0 aliphatic carbocycles. The molecule has 0 aromatic heterocycles. The Morgan fingerprint density at radius 3 is 1.97 bits per heavy atom. The first-order valence-corrected chi connectivity index (χ1v) is 11.2. The lowest BCUT2D eigenvalue weighted by Gasteiger charge is -2.31. The molecule has 3 rings (SSSR count). The number of likely N-dealkylation sites (tertiary alicyclic amines) is 1. The fourth-order valence-electron chi connectivity index (χ4n) is 3.96. The van der Waals surface area contributed by atoms with Crippen LogP contribution in [0, 0.1) is 5.92 Å². The molecule has 4 nitrogen and oxygen atoms in total. The van der Waals surface area contributed by atoms with Gasteiger partial charge < -0.3 is 9.80 Å². The van der Waals surface area contributed by atoms with Gasteiger partial charge >= 0.3 is 12.4 Å². The van der Waals surface area contributed by atoms with Gasteiger partial charge in [0.2, 0.25) is 5.91 Å². The molecule has 0 spiro atoms. The van der Waals surface area contributed by atoms with E-state index in [1.807, 2.05) is 0 Å². The molecular formula is C25H26F6N2O2. The molecule has 0 bridgehead atoms. The minimum Gasteiger partial charge on any atom is -0.343 e. The van der Waals surface area contributed by atoms with Crippen LogP contribution in [0.15, 0.2) is 48.5 Å². The van der Waals surface area contributed by atoms with Gasteiger partial charge in [0.15, 0.2) is 0 Å². The summed E-state index contributed by atoms with van der Waals surface area (Å²) in [5.74, 6) is -0.716. The number of piperidine rings is 1. The first-order valence-electron chi connectivity index (χ1n) is 11.2. The molecule has 1 fully saturated rings. The Kier molecular flexibility index (Phi) is 8.12. The summed E-state index contributed by atoms with van der Waals surface area (Å²) in [4.78, 5) is 28.7. The maximum atomic E-state index is 13.3. The van der Waals surface area contributed by atoms with Crippen LogP contribution in [-0.4, -0.2) is 41.2 Å². The third kappa shape index (κ3) is 7.22. The van der Waals surface area contributed by atoms with Crippen LogP contribution >= 0.6 is 0 Å². The molecule has 1 saturated heterocycles. The van der Waals surface area contributed by atoms with E-state index in [2.05, 4.69) is 6.92 Å². The average Bonchev–Trinajstić information content (AvgIpc) is 2.80. The van der Waals surface area contributed by atoms with Crippen molar-refractivity contribution in [2.24, 2.45) is 5.92 Å². The van der Waals surface area contributed by atoms with Crippen molar-refractivity contribution in [3.8, 4) is 0 Å². The summed E-state index contributed by atoms with van der Waals surface area (Å²) < 4.78 is 79.8. The number of rotatable bonds is 6. The summed E-state index contributed by atoms with van der Waals surface area (Å²) in [6.07, 6.45) is -8.52. The van der Waals surface area contributed by atoms with Gasteiger partial charge in [-0.25, -0.2) is 0 Å². The lowest BCUT2D eigenvalue weighted by molar-refractivity contribution is -0.143. The number of hydrogen-bond donors (Lipinski definition) is 0. The number of amides is 2. The van der Waals surface area contributed by atoms with E-state index in [4.69, 9.17) is 0 Å². The predicted molar refractivity (Wildman–Crippen MR) is 117 cm³/mol. The normalized spacial score (nSPS) is 15.2. The molecule has 0 unspecified atom stereocenters. The monoisotopic (exact) mass is 500 g/mol. The van der Waals surface area contributed by atoms with Crippen LogP contribution in [0.5, 0.6) is 0 Å². The number of alkyl halides is 6. The van der Waals surface area contributed by atoms with Gasteiger partial charge in [0.25, 0.3) is 5.91 Å². The van der Waals surface area contributed by atoms with Crippen LogP contribution in [0.3, 0.4) is 0 Å². The minimum absolute atomic E-state index is 0.0147. The van der Waals surface area contributed by atoms with Gasteiger partial charge in [-0.2, -0.15) is 26.3 Å². The smallest absolute Gasteiger partial charge is 0.343 e. The lowest BCUT2D eigenvalue weighted by atomic mass is 9.99. The second-order valence-corrected chi connectivity index (χ2v) is 8.82. The fourth-order valence-corrected chi connectivity index (χ4v) is 3.96. The highest BCUT2D eigenvalue weighted by Gasteiger charge is 2.38. The number of carbonyl (C=O) groups is 2. The van der Waals surface area contributed by atoms with Gasteiger partial charge in [0.1, 0.15) is 0 Å². The quantitative estimate of drug-likeness (QED) is 0.456. The van der Waals surface area contributed by atoms with Gasteiger partial charge in [-0.15, -0.1) is 0 Å². The molecule has 35 heavy (non-hydrogen) atoms. The third-order valence-electron chi connectivity index (χ3n) is 6.07. The van der Waals surface area contributed by atoms with Gasteiger partial charge in [-0.05, 0) is 42.5 Å². The van der Waals surface area contributed by atoms with E-state index in [1.165, 1.54) is 0 Å². The number of halogens is 6. The summed E-state index contributed by atoms with van der Waals surface area (Å²) in [6.45, 7) is 3.04. The summed E-state index contributed by atoms with van der Waals surface area (Å²) >= 11 is 0. The highest BCUT2D eigenvalue weighted by molar-refractivity contribution is 5.95. The van der Waals surface area contributed by atoms with E-state index in [0.717, 1.165) is 17.7 Å². The Labute approximate surface area is 199 Å².